The lowest BCUT2D eigenvalue weighted by molar-refractivity contribution is 0.288. The Morgan fingerprint density at radius 3 is 2.62 bits per heavy atom. The van der Waals surface area contributed by atoms with Gasteiger partial charge in [-0.25, -0.2) is 5.10 Å². The zero-order valence-corrected chi connectivity index (χ0v) is 15.4. The number of H-pyrrole nitrogens is 1. The van der Waals surface area contributed by atoms with Crippen LogP contribution in [0.5, 0.6) is 17.2 Å². The van der Waals surface area contributed by atoms with Gasteiger partial charge in [0.15, 0.2) is 17.3 Å². The van der Waals surface area contributed by atoms with E-state index >= 15 is 0 Å². The van der Waals surface area contributed by atoms with Gasteiger partial charge in [-0.2, -0.15) is 9.78 Å². The summed E-state index contributed by atoms with van der Waals surface area (Å²) >= 11 is 5.23. The van der Waals surface area contributed by atoms with Crippen molar-refractivity contribution in [3.63, 3.8) is 0 Å². The second kappa shape index (κ2) is 7.87. The number of hydrogen-bond donors (Lipinski definition) is 1. The zero-order valence-electron chi connectivity index (χ0n) is 14.6. The van der Waals surface area contributed by atoms with Crippen molar-refractivity contribution < 1.29 is 18.6 Å². The van der Waals surface area contributed by atoms with Crippen LogP contribution in [-0.4, -0.2) is 41.9 Å². The molecule has 0 aliphatic carbocycles. The van der Waals surface area contributed by atoms with Crippen LogP contribution in [0.1, 0.15) is 12.5 Å². The summed E-state index contributed by atoms with van der Waals surface area (Å²) in [6.07, 6.45) is 3.18. The van der Waals surface area contributed by atoms with Crippen molar-refractivity contribution >= 4 is 18.4 Å². The van der Waals surface area contributed by atoms with Crippen LogP contribution in [0.4, 0.5) is 0 Å². The highest BCUT2D eigenvalue weighted by molar-refractivity contribution is 7.71. The third-order valence-electron chi connectivity index (χ3n) is 3.49. The van der Waals surface area contributed by atoms with E-state index < -0.39 is 0 Å². The van der Waals surface area contributed by atoms with Crippen LogP contribution >= 0.6 is 12.2 Å². The number of aromatic amines is 1. The maximum atomic E-state index is 5.60. The lowest BCUT2D eigenvalue weighted by Crippen LogP contribution is -2.00. The van der Waals surface area contributed by atoms with E-state index in [2.05, 4.69) is 15.3 Å². The van der Waals surface area contributed by atoms with Gasteiger partial charge in [0.05, 0.1) is 33.3 Å². The Kier molecular flexibility index (Phi) is 5.37. The number of methoxy groups -OCH3 is 2. The third kappa shape index (κ3) is 3.47. The van der Waals surface area contributed by atoms with Gasteiger partial charge in [-0.15, -0.1) is 5.10 Å². The number of nitrogens with one attached hydrogen (secondary N) is 1. The Labute approximate surface area is 155 Å². The quantitative estimate of drug-likeness (QED) is 0.503. The van der Waals surface area contributed by atoms with Gasteiger partial charge in [0.2, 0.25) is 16.3 Å². The SMILES string of the molecule is CCOc1c(OC)cc(/C=N\n2c(-c3ccco3)n[nH]c2=S)cc1OC. The molecule has 9 heteroatoms. The summed E-state index contributed by atoms with van der Waals surface area (Å²) in [4.78, 5) is 0. The minimum absolute atomic E-state index is 0.345. The molecule has 0 radical (unpaired) electrons. The molecule has 8 nitrogen and oxygen atoms in total. The lowest BCUT2D eigenvalue weighted by Gasteiger charge is -2.14. The molecule has 0 atom stereocenters. The summed E-state index contributed by atoms with van der Waals surface area (Å²) in [6.45, 7) is 2.39. The smallest absolute Gasteiger partial charge is 0.219 e. The summed E-state index contributed by atoms with van der Waals surface area (Å²) in [5, 5.41) is 11.3. The van der Waals surface area contributed by atoms with Crippen molar-refractivity contribution in [2.24, 2.45) is 5.10 Å². The van der Waals surface area contributed by atoms with Crippen LogP contribution in [0.3, 0.4) is 0 Å². The minimum Gasteiger partial charge on any atom is -0.493 e. The Hall–Kier alpha value is -3.07. The number of nitrogens with zero attached hydrogens (tertiary/aromatic N) is 3. The molecule has 2 aromatic heterocycles. The lowest BCUT2D eigenvalue weighted by atomic mass is 10.2. The Morgan fingerprint density at radius 1 is 1.31 bits per heavy atom. The number of benzene rings is 1. The summed E-state index contributed by atoms with van der Waals surface area (Å²) in [6, 6.07) is 7.14. The minimum atomic E-state index is 0.345. The van der Waals surface area contributed by atoms with E-state index in [1.807, 2.05) is 6.92 Å². The molecule has 0 amide bonds. The number of aromatic nitrogens is 3. The van der Waals surface area contributed by atoms with Crippen LogP contribution < -0.4 is 14.2 Å². The second-order valence-corrected chi connectivity index (χ2v) is 5.46. The fraction of sp³-hybridized carbons (Fsp3) is 0.235. The average Bonchev–Trinajstić information content (AvgIpc) is 3.30. The summed E-state index contributed by atoms with van der Waals surface area (Å²) in [5.74, 6) is 2.67. The average molecular weight is 374 g/mol. The molecule has 2 heterocycles. The first-order valence-electron chi connectivity index (χ1n) is 7.82. The van der Waals surface area contributed by atoms with Crippen LogP contribution in [-0.2, 0) is 0 Å². The van der Waals surface area contributed by atoms with Crippen molar-refractivity contribution in [2.45, 2.75) is 6.92 Å². The molecule has 0 aliphatic rings. The first kappa shape index (κ1) is 17.7. The maximum Gasteiger partial charge on any atom is 0.219 e. The number of ether oxygens (including phenoxy) is 3. The van der Waals surface area contributed by atoms with Gasteiger partial charge in [-0.05, 0) is 43.4 Å². The Morgan fingerprint density at radius 2 is 2.04 bits per heavy atom. The van der Waals surface area contributed by atoms with E-state index in [4.69, 9.17) is 30.8 Å². The normalized spacial score (nSPS) is 11.0. The summed E-state index contributed by atoms with van der Waals surface area (Å²) < 4.78 is 23.6. The van der Waals surface area contributed by atoms with E-state index in [0.29, 0.717) is 40.2 Å². The van der Waals surface area contributed by atoms with Crippen molar-refractivity contribution in [2.75, 3.05) is 20.8 Å². The number of hydrogen-bond acceptors (Lipinski definition) is 7. The molecule has 136 valence electrons. The molecule has 1 N–H and O–H groups in total. The van der Waals surface area contributed by atoms with Gasteiger partial charge in [0, 0.05) is 5.56 Å². The van der Waals surface area contributed by atoms with Crippen molar-refractivity contribution in [3.8, 4) is 28.8 Å². The van der Waals surface area contributed by atoms with Gasteiger partial charge < -0.3 is 18.6 Å². The van der Waals surface area contributed by atoms with Crippen LogP contribution in [0.15, 0.2) is 40.0 Å². The fourth-order valence-electron chi connectivity index (χ4n) is 2.35. The molecule has 0 spiro atoms. The summed E-state index contributed by atoms with van der Waals surface area (Å²) in [5.41, 5.74) is 0.746. The molecule has 0 unspecified atom stereocenters. The largest absolute Gasteiger partial charge is 0.493 e. The molecule has 1 aromatic carbocycles. The molecule has 3 aromatic rings. The second-order valence-electron chi connectivity index (χ2n) is 5.07. The third-order valence-corrected chi connectivity index (χ3v) is 3.75. The van der Waals surface area contributed by atoms with Crippen molar-refractivity contribution in [1.29, 1.82) is 0 Å². The van der Waals surface area contributed by atoms with E-state index in [0.717, 1.165) is 5.56 Å². The van der Waals surface area contributed by atoms with E-state index in [-0.39, 0.29) is 0 Å². The Balaban J connectivity index is 2.00. The van der Waals surface area contributed by atoms with Gasteiger partial charge in [-0.1, -0.05) is 0 Å². The molecule has 0 aliphatic heterocycles. The maximum absolute atomic E-state index is 5.60. The Bertz CT molecular complexity index is 935. The monoisotopic (exact) mass is 374 g/mol. The predicted octanol–water partition coefficient (Wildman–Crippen LogP) is 3.50. The van der Waals surface area contributed by atoms with Gasteiger partial charge in [0.25, 0.3) is 0 Å². The highest BCUT2D eigenvalue weighted by Crippen LogP contribution is 2.38. The van der Waals surface area contributed by atoms with Gasteiger partial charge in [-0.3, -0.25) is 0 Å². The molecule has 26 heavy (non-hydrogen) atoms. The van der Waals surface area contributed by atoms with E-state index in [1.165, 1.54) is 4.68 Å². The number of rotatable bonds is 7. The first-order chi connectivity index (χ1) is 12.7. The molecule has 0 saturated carbocycles. The van der Waals surface area contributed by atoms with Crippen LogP contribution in [0, 0.1) is 4.77 Å². The van der Waals surface area contributed by atoms with Gasteiger partial charge >= 0.3 is 0 Å². The fourth-order valence-corrected chi connectivity index (χ4v) is 2.53. The van der Waals surface area contributed by atoms with E-state index in [1.54, 1.807) is 51.0 Å². The highest BCUT2D eigenvalue weighted by Gasteiger charge is 2.14. The zero-order chi connectivity index (χ0) is 18.5. The summed E-state index contributed by atoms with van der Waals surface area (Å²) in [7, 11) is 3.14. The van der Waals surface area contributed by atoms with E-state index in [9.17, 15) is 0 Å². The highest BCUT2D eigenvalue weighted by atomic mass is 32.1. The molecule has 0 fully saturated rings. The topological polar surface area (TPSA) is 86.8 Å². The van der Waals surface area contributed by atoms with Gasteiger partial charge in [0.1, 0.15) is 0 Å². The molecular weight excluding hydrogens is 356 g/mol. The van der Waals surface area contributed by atoms with Crippen LogP contribution in [0.25, 0.3) is 11.6 Å². The first-order valence-corrected chi connectivity index (χ1v) is 8.23. The molecule has 3 rings (SSSR count). The predicted molar refractivity (Wildman–Crippen MR) is 98.8 cm³/mol. The van der Waals surface area contributed by atoms with Crippen LogP contribution in [0.2, 0.25) is 0 Å². The standard InChI is InChI=1S/C17H18N4O4S/c1-4-24-15-13(22-2)8-11(9-14(15)23-3)10-18-21-16(19-20-17(21)26)12-6-5-7-25-12/h5-10H,4H2,1-3H3,(H,20,26)/b18-10-. The van der Waals surface area contributed by atoms with Crippen molar-refractivity contribution in [1.82, 2.24) is 14.9 Å². The molecule has 0 saturated heterocycles. The number of furan rings is 1. The molecule has 0 bridgehead atoms. The van der Waals surface area contributed by atoms with Crippen molar-refractivity contribution in [3.05, 3.63) is 40.9 Å². The molecular formula is C17H18N4O4S.